The highest BCUT2D eigenvalue weighted by Crippen LogP contribution is 2.28. The molecule has 0 saturated heterocycles. The molecular formula is C10H10Br2O2. The number of rotatable bonds is 3. The molecule has 0 atom stereocenters. The summed E-state index contributed by atoms with van der Waals surface area (Å²) in [5.41, 5.74) is 1.64. The molecule has 0 aliphatic rings. The summed E-state index contributed by atoms with van der Waals surface area (Å²) in [5, 5.41) is 0.340. The van der Waals surface area contributed by atoms with Gasteiger partial charge in [0.1, 0.15) is 5.75 Å². The molecule has 1 aromatic rings. The third kappa shape index (κ3) is 2.36. The number of hydrogen-bond acceptors (Lipinski definition) is 2. The second-order valence-corrected chi connectivity index (χ2v) is 4.27. The van der Waals surface area contributed by atoms with Crippen LogP contribution >= 0.6 is 31.9 Å². The Morgan fingerprint density at radius 3 is 2.64 bits per heavy atom. The molecule has 0 heterocycles. The molecule has 0 amide bonds. The quantitative estimate of drug-likeness (QED) is 0.630. The molecule has 0 spiro atoms. The van der Waals surface area contributed by atoms with Gasteiger partial charge in [-0.05, 0) is 40.5 Å². The van der Waals surface area contributed by atoms with E-state index in [1.807, 2.05) is 13.0 Å². The fraction of sp³-hybridized carbons (Fsp3) is 0.300. The van der Waals surface area contributed by atoms with Crippen LogP contribution in [0.15, 0.2) is 16.6 Å². The fourth-order valence-electron chi connectivity index (χ4n) is 1.18. The zero-order valence-corrected chi connectivity index (χ0v) is 11.1. The van der Waals surface area contributed by atoms with Gasteiger partial charge in [0.15, 0.2) is 5.78 Å². The number of ketones is 1. The lowest BCUT2D eigenvalue weighted by atomic mass is 10.1. The first-order valence-electron chi connectivity index (χ1n) is 4.03. The van der Waals surface area contributed by atoms with Gasteiger partial charge in [-0.3, -0.25) is 4.79 Å². The Kier molecular flexibility index (Phi) is 4.13. The topological polar surface area (TPSA) is 26.3 Å². The number of halogens is 2. The standard InChI is InChI=1S/C10H10Br2O2/c1-6-3-10(14-2)8(12)4-7(6)9(13)5-11/h3-4H,5H2,1-2H3. The Morgan fingerprint density at radius 1 is 1.50 bits per heavy atom. The highest BCUT2D eigenvalue weighted by molar-refractivity contribution is 9.10. The molecule has 4 heteroatoms. The third-order valence-corrected chi connectivity index (χ3v) is 3.05. The zero-order valence-electron chi connectivity index (χ0n) is 7.93. The van der Waals surface area contributed by atoms with Gasteiger partial charge in [0, 0.05) is 5.56 Å². The number of hydrogen-bond donors (Lipinski definition) is 0. The first kappa shape index (κ1) is 11.7. The highest BCUT2D eigenvalue weighted by Gasteiger charge is 2.11. The van der Waals surface area contributed by atoms with Crippen molar-refractivity contribution in [2.24, 2.45) is 0 Å². The van der Waals surface area contributed by atoms with Crippen molar-refractivity contribution in [2.45, 2.75) is 6.92 Å². The van der Waals surface area contributed by atoms with Crippen LogP contribution in [0.3, 0.4) is 0 Å². The fourth-order valence-corrected chi connectivity index (χ4v) is 1.99. The molecule has 0 fully saturated rings. The van der Waals surface area contributed by atoms with Crippen LogP contribution in [0.2, 0.25) is 0 Å². The second kappa shape index (κ2) is 4.94. The maximum absolute atomic E-state index is 11.5. The average molecular weight is 322 g/mol. The summed E-state index contributed by atoms with van der Waals surface area (Å²) in [6.07, 6.45) is 0. The highest BCUT2D eigenvalue weighted by atomic mass is 79.9. The molecular weight excluding hydrogens is 312 g/mol. The number of carbonyl (C=O) groups excluding carboxylic acids is 1. The monoisotopic (exact) mass is 320 g/mol. The summed E-state index contributed by atoms with van der Waals surface area (Å²) in [6.45, 7) is 1.89. The van der Waals surface area contributed by atoms with E-state index in [-0.39, 0.29) is 5.78 Å². The van der Waals surface area contributed by atoms with Gasteiger partial charge in [-0.25, -0.2) is 0 Å². The molecule has 1 rings (SSSR count). The number of carbonyl (C=O) groups is 1. The summed E-state index contributed by atoms with van der Waals surface area (Å²) >= 11 is 6.50. The van der Waals surface area contributed by atoms with Crippen molar-refractivity contribution in [1.29, 1.82) is 0 Å². The van der Waals surface area contributed by atoms with E-state index in [0.717, 1.165) is 21.3 Å². The summed E-state index contributed by atoms with van der Waals surface area (Å²) in [7, 11) is 1.60. The lowest BCUT2D eigenvalue weighted by Gasteiger charge is -2.08. The maximum atomic E-state index is 11.5. The van der Waals surface area contributed by atoms with E-state index in [9.17, 15) is 4.79 Å². The van der Waals surface area contributed by atoms with Gasteiger partial charge < -0.3 is 4.74 Å². The number of methoxy groups -OCH3 is 1. The minimum Gasteiger partial charge on any atom is -0.496 e. The molecule has 0 unspecified atom stereocenters. The van der Waals surface area contributed by atoms with Crippen LogP contribution in [-0.4, -0.2) is 18.2 Å². The molecule has 0 aliphatic heterocycles. The predicted octanol–water partition coefficient (Wildman–Crippen LogP) is 3.34. The van der Waals surface area contributed by atoms with Gasteiger partial charge in [0.25, 0.3) is 0 Å². The van der Waals surface area contributed by atoms with Gasteiger partial charge in [0.05, 0.1) is 16.9 Å². The molecule has 0 aliphatic carbocycles. The van der Waals surface area contributed by atoms with Gasteiger partial charge >= 0.3 is 0 Å². The van der Waals surface area contributed by atoms with Crippen molar-refractivity contribution in [3.05, 3.63) is 27.7 Å². The molecule has 14 heavy (non-hydrogen) atoms. The van der Waals surface area contributed by atoms with Crippen LogP contribution in [0.4, 0.5) is 0 Å². The van der Waals surface area contributed by atoms with E-state index in [1.165, 1.54) is 0 Å². The number of alkyl halides is 1. The van der Waals surface area contributed by atoms with Crippen molar-refractivity contribution in [3.63, 3.8) is 0 Å². The van der Waals surface area contributed by atoms with Crippen molar-refractivity contribution < 1.29 is 9.53 Å². The number of aryl methyl sites for hydroxylation is 1. The Hall–Kier alpha value is -0.350. The van der Waals surface area contributed by atoms with Crippen LogP contribution in [0.5, 0.6) is 5.75 Å². The molecule has 0 saturated carbocycles. The normalized spacial score (nSPS) is 10.0. The molecule has 0 N–H and O–H groups in total. The van der Waals surface area contributed by atoms with E-state index in [1.54, 1.807) is 13.2 Å². The molecule has 2 nitrogen and oxygen atoms in total. The Bertz CT molecular complexity index is 361. The number of benzene rings is 1. The van der Waals surface area contributed by atoms with Gasteiger partial charge in [-0.2, -0.15) is 0 Å². The van der Waals surface area contributed by atoms with E-state index in [4.69, 9.17) is 4.74 Å². The van der Waals surface area contributed by atoms with Gasteiger partial charge in [-0.15, -0.1) is 0 Å². The van der Waals surface area contributed by atoms with Crippen LogP contribution < -0.4 is 4.74 Å². The maximum Gasteiger partial charge on any atom is 0.173 e. The second-order valence-electron chi connectivity index (χ2n) is 2.86. The minimum atomic E-state index is 0.0749. The first-order chi connectivity index (χ1) is 6.60. The van der Waals surface area contributed by atoms with Crippen LogP contribution in [-0.2, 0) is 0 Å². The molecule has 0 bridgehead atoms. The lowest BCUT2D eigenvalue weighted by Crippen LogP contribution is -2.03. The summed E-state index contributed by atoms with van der Waals surface area (Å²) in [5.74, 6) is 0.819. The van der Waals surface area contributed by atoms with Crippen LogP contribution in [0.1, 0.15) is 15.9 Å². The molecule has 0 aromatic heterocycles. The predicted molar refractivity (Wildman–Crippen MR) is 63.6 cm³/mol. The van der Waals surface area contributed by atoms with Crippen LogP contribution in [0.25, 0.3) is 0 Å². The van der Waals surface area contributed by atoms with Crippen molar-refractivity contribution in [2.75, 3.05) is 12.4 Å². The SMILES string of the molecule is COc1cc(C)c(C(=O)CBr)cc1Br. The van der Waals surface area contributed by atoms with Crippen molar-refractivity contribution in [3.8, 4) is 5.75 Å². The Balaban J connectivity index is 3.21. The van der Waals surface area contributed by atoms with Crippen LogP contribution in [0, 0.1) is 6.92 Å². The molecule has 76 valence electrons. The smallest absolute Gasteiger partial charge is 0.173 e. The van der Waals surface area contributed by atoms with Gasteiger partial charge in [0.2, 0.25) is 0 Å². The van der Waals surface area contributed by atoms with E-state index in [0.29, 0.717) is 5.33 Å². The summed E-state index contributed by atoms with van der Waals surface area (Å²) < 4.78 is 5.93. The van der Waals surface area contributed by atoms with E-state index in [2.05, 4.69) is 31.9 Å². The van der Waals surface area contributed by atoms with E-state index < -0.39 is 0 Å². The summed E-state index contributed by atoms with van der Waals surface area (Å²) in [4.78, 5) is 11.5. The average Bonchev–Trinajstić information content (AvgIpc) is 2.19. The number of Topliss-reactive ketones (excluding diaryl/α,β-unsaturated/α-hetero) is 1. The van der Waals surface area contributed by atoms with Crippen molar-refractivity contribution in [1.82, 2.24) is 0 Å². The lowest BCUT2D eigenvalue weighted by molar-refractivity contribution is 0.102. The zero-order chi connectivity index (χ0) is 10.7. The molecule has 0 radical (unpaired) electrons. The Labute approximate surface area is 99.9 Å². The molecule has 1 aromatic carbocycles. The number of ether oxygens (including phenoxy) is 1. The van der Waals surface area contributed by atoms with Gasteiger partial charge in [-0.1, -0.05) is 15.9 Å². The van der Waals surface area contributed by atoms with Crippen molar-refractivity contribution >= 4 is 37.6 Å². The van der Waals surface area contributed by atoms with E-state index >= 15 is 0 Å². The Morgan fingerprint density at radius 2 is 2.14 bits per heavy atom. The largest absolute Gasteiger partial charge is 0.496 e. The minimum absolute atomic E-state index is 0.0749. The summed E-state index contributed by atoms with van der Waals surface area (Å²) in [6, 6.07) is 3.64. The first-order valence-corrected chi connectivity index (χ1v) is 5.95. The third-order valence-electron chi connectivity index (χ3n) is 1.92.